The summed E-state index contributed by atoms with van der Waals surface area (Å²) in [6, 6.07) is 15.2. The van der Waals surface area contributed by atoms with Crippen molar-refractivity contribution in [2.45, 2.75) is 25.9 Å². The molecule has 1 unspecified atom stereocenters. The molecule has 6 nitrogen and oxygen atoms in total. The second-order valence-electron chi connectivity index (χ2n) is 5.65. The van der Waals surface area contributed by atoms with Gasteiger partial charge in [0, 0.05) is 13.5 Å². The van der Waals surface area contributed by atoms with Crippen LogP contribution in [0.1, 0.15) is 40.9 Å². The van der Waals surface area contributed by atoms with Gasteiger partial charge >= 0.3 is 5.97 Å². The molecule has 2 rings (SSSR count). The number of carbonyl (C=O) groups excluding carboxylic acids is 2. The monoisotopic (exact) mass is 340 g/mol. The van der Waals surface area contributed by atoms with Crippen molar-refractivity contribution in [2.75, 3.05) is 0 Å². The molecule has 0 spiro atoms. The molecule has 6 heteroatoms. The Bertz CT molecular complexity index is 742. The number of hydrogen-bond donors (Lipinski definition) is 3. The summed E-state index contributed by atoms with van der Waals surface area (Å²) in [4.78, 5) is 34.4. The summed E-state index contributed by atoms with van der Waals surface area (Å²) in [6.45, 7) is 1.71. The fourth-order valence-electron chi connectivity index (χ4n) is 2.41. The van der Waals surface area contributed by atoms with Crippen LogP contribution >= 0.6 is 0 Å². The molecular weight excluding hydrogens is 320 g/mol. The Morgan fingerprint density at radius 2 is 1.64 bits per heavy atom. The molecule has 0 aliphatic rings. The number of hydrogen-bond acceptors (Lipinski definition) is 3. The highest BCUT2D eigenvalue weighted by Gasteiger charge is 2.16. The van der Waals surface area contributed by atoms with Crippen molar-refractivity contribution < 1.29 is 19.5 Å². The Hall–Kier alpha value is -3.15. The highest BCUT2D eigenvalue weighted by atomic mass is 16.4. The molecular formula is C19H20N2O4. The van der Waals surface area contributed by atoms with Crippen LogP contribution in [-0.4, -0.2) is 22.9 Å². The maximum absolute atomic E-state index is 12.2. The predicted molar refractivity (Wildman–Crippen MR) is 92.9 cm³/mol. The topological polar surface area (TPSA) is 95.5 Å². The number of aromatic carboxylic acids is 1. The number of carboxylic acid groups (broad SMARTS) is 1. The summed E-state index contributed by atoms with van der Waals surface area (Å²) >= 11 is 0. The third kappa shape index (κ3) is 5.76. The Balaban J connectivity index is 1.94. The lowest BCUT2D eigenvalue weighted by atomic mass is 10.0. The Morgan fingerprint density at radius 1 is 1.00 bits per heavy atom. The SMILES string of the molecule is CC(=O)NC(CC(=O)NCc1ccc(C(=O)O)cc1)c1ccccc1. The fraction of sp³-hybridized carbons (Fsp3) is 0.211. The van der Waals surface area contributed by atoms with E-state index in [4.69, 9.17) is 5.11 Å². The predicted octanol–water partition coefficient (Wildman–Crippen LogP) is 2.27. The van der Waals surface area contributed by atoms with Crippen molar-refractivity contribution in [1.82, 2.24) is 10.6 Å². The van der Waals surface area contributed by atoms with Crippen LogP contribution in [0, 0.1) is 0 Å². The number of carboxylic acids is 1. The van der Waals surface area contributed by atoms with Crippen LogP contribution in [0.4, 0.5) is 0 Å². The summed E-state index contributed by atoms with van der Waals surface area (Å²) in [5.74, 6) is -1.40. The minimum absolute atomic E-state index is 0.122. The summed E-state index contributed by atoms with van der Waals surface area (Å²) < 4.78 is 0. The molecule has 2 aromatic carbocycles. The first-order valence-electron chi connectivity index (χ1n) is 7.86. The second-order valence-corrected chi connectivity index (χ2v) is 5.65. The van der Waals surface area contributed by atoms with Crippen molar-refractivity contribution in [3.63, 3.8) is 0 Å². The molecule has 0 heterocycles. The van der Waals surface area contributed by atoms with E-state index in [-0.39, 0.29) is 23.8 Å². The molecule has 1 atom stereocenters. The van der Waals surface area contributed by atoms with E-state index < -0.39 is 12.0 Å². The summed E-state index contributed by atoms with van der Waals surface area (Å²) in [5.41, 5.74) is 1.86. The van der Waals surface area contributed by atoms with Crippen LogP contribution < -0.4 is 10.6 Å². The third-order valence-electron chi connectivity index (χ3n) is 3.66. The molecule has 0 bridgehead atoms. The summed E-state index contributed by atoms with van der Waals surface area (Å²) in [5, 5.41) is 14.4. The maximum Gasteiger partial charge on any atom is 0.335 e. The van der Waals surface area contributed by atoms with Crippen molar-refractivity contribution in [1.29, 1.82) is 0 Å². The minimum Gasteiger partial charge on any atom is -0.478 e. The fourth-order valence-corrected chi connectivity index (χ4v) is 2.41. The zero-order valence-electron chi connectivity index (χ0n) is 13.9. The van der Waals surface area contributed by atoms with Gasteiger partial charge in [-0.05, 0) is 23.3 Å². The third-order valence-corrected chi connectivity index (χ3v) is 3.66. The Labute approximate surface area is 145 Å². The van der Waals surface area contributed by atoms with E-state index in [1.165, 1.54) is 19.1 Å². The first kappa shape index (κ1) is 18.2. The number of carbonyl (C=O) groups is 3. The summed E-state index contributed by atoms with van der Waals surface area (Å²) in [7, 11) is 0. The van der Waals surface area contributed by atoms with Crippen LogP contribution in [-0.2, 0) is 16.1 Å². The lowest BCUT2D eigenvalue weighted by Gasteiger charge is -2.18. The van der Waals surface area contributed by atoms with E-state index in [2.05, 4.69) is 10.6 Å². The van der Waals surface area contributed by atoms with Crippen LogP contribution in [0.2, 0.25) is 0 Å². The quantitative estimate of drug-likeness (QED) is 0.720. The average molecular weight is 340 g/mol. The first-order chi connectivity index (χ1) is 12.0. The molecule has 0 aliphatic heterocycles. The molecule has 130 valence electrons. The van der Waals surface area contributed by atoms with Gasteiger partial charge in [0.2, 0.25) is 11.8 Å². The zero-order valence-corrected chi connectivity index (χ0v) is 13.9. The van der Waals surface area contributed by atoms with Gasteiger partial charge in [0.05, 0.1) is 18.0 Å². The van der Waals surface area contributed by atoms with Gasteiger partial charge in [-0.25, -0.2) is 4.79 Å². The molecule has 0 saturated carbocycles. The normalized spacial score (nSPS) is 11.4. The lowest BCUT2D eigenvalue weighted by molar-refractivity contribution is -0.122. The van der Waals surface area contributed by atoms with Gasteiger partial charge in [0.1, 0.15) is 0 Å². The van der Waals surface area contributed by atoms with Crippen LogP contribution in [0.3, 0.4) is 0 Å². The van der Waals surface area contributed by atoms with E-state index in [1.54, 1.807) is 12.1 Å². The van der Waals surface area contributed by atoms with Gasteiger partial charge in [-0.1, -0.05) is 42.5 Å². The molecule has 2 amide bonds. The maximum atomic E-state index is 12.2. The number of amides is 2. The highest BCUT2D eigenvalue weighted by Crippen LogP contribution is 2.16. The van der Waals surface area contributed by atoms with Gasteiger partial charge in [-0.2, -0.15) is 0 Å². The average Bonchev–Trinajstić information content (AvgIpc) is 2.60. The standard InChI is InChI=1S/C19H20N2O4/c1-13(22)21-17(15-5-3-2-4-6-15)11-18(23)20-12-14-7-9-16(10-8-14)19(24)25/h2-10,17H,11-12H2,1H3,(H,20,23)(H,21,22)(H,24,25). The number of benzene rings is 2. The Kier molecular flexibility index (Phi) is 6.28. The van der Waals surface area contributed by atoms with Gasteiger partial charge < -0.3 is 15.7 Å². The van der Waals surface area contributed by atoms with E-state index in [9.17, 15) is 14.4 Å². The number of rotatable bonds is 7. The van der Waals surface area contributed by atoms with Gasteiger partial charge in [0.15, 0.2) is 0 Å². The molecule has 0 fully saturated rings. The smallest absolute Gasteiger partial charge is 0.335 e. The number of nitrogens with one attached hydrogen (secondary N) is 2. The molecule has 0 saturated heterocycles. The highest BCUT2D eigenvalue weighted by molar-refractivity contribution is 5.87. The molecule has 0 aromatic heterocycles. The molecule has 0 aliphatic carbocycles. The Morgan fingerprint density at radius 3 is 2.20 bits per heavy atom. The minimum atomic E-state index is -0.989. The van der Waals surface area contributed by atoms with E-state index in [1.807, 2.05) is 30.3 Å². The molecule has 3 N–H and O–H groups in total. The zero-order chi connectivity index (χ0) is 18.2. The van der Waals surface area contributed by atoms with E-state index in [0.717, 1.165) is 11.1 Å². The van der Waals surface area contributed by atoms with Crippen molar-refractivity contribution in [3.05, 3.63) is 71.3 Å². The van der Waals surface area contributed by atoms with Crippen LogP contribution in [0.5, 0.6) is 0 Å². The van der Waals surface area contributed by atoms with Crippen molar-refractivity contribution >= 4 is 17.8 Å². The molecule has 2 aromatic rings. The van der Waals surface area contributed by atoms with E-state index in [0.29, 0.717) is 6.54 Å². The first-order valence-corrected chi connectivity index (χ1v) is 7.86. The van der Waals surface area contributed by atoms with Crippen LogP contribution in [0.25, 0.3) is 0 Å². The van der Waals surface area contributed by atoms with Crippen molar-refractivity contribution in [3.8, 4) is 0 Å². The van der Waals surface area contributed by atoms with Gasteiger partial charge in [0.25, 0.3) is 0 Å². The molecule has 0 radical (unpaired) electrons. The van der Waals surface area contributed by atoms with Crippen molar-refractivity contribution in [2.24, 2.45) is 0 Å². The second kappa shape index (κ2) is 8.63. The summed E-state index contributed by atoms with van der Waals surface area (Å²) in [6.07, 6.45) is 0.122. The van der Waals surface area contributed by atoms with Gasteiger partial charge in [-0.3, -0.25) is 9.59 Å². The van der Waals surface area contributed by atoms with Crippen LogP contribution in [0.15, 0.2) is 54.6 Å². The molecule has 25 heavy (non-hydrogen) atoms. The largest absolute Gasteiger partial charge is 0.478 e. The van der Waals surface area contributed by atoms with E-state index >= 15 is 0 Å². The lowest BCUT2D eigenvalue weighted by Crippen LogP contribution is -2.32. The van der Waals surface area contributed by atoms with Gasteiger partial charge in [-0.15, -0.1) is 0 Å².